The first-order valence-electron chi connectivity index (χ1n) is 9.06. The van der Waals surface area contributed by atoms with Crippen LogP contribution in [0.5, 0.6) is 5.75 Å². The predicted molar refractivity (Wildman–Crippen MR) is 111 cm³/mol. The third kappa shape index (κ3) is 4.79. The topological polar surface area (TPSA) is 46.6 Å². The molecule has 2 aromatic carbocycles. The van der Waals surface area contributed by atoms with E-state index in [1.165, 1.54) is 6.07 Å². The molecule has 3 rings (SSSR count). The zero-order valence-corrected chi connectivity index (χ0v) is 17.9. The van der Waals surface area contributed by atoms with Crippen LogP contribution in [-0.2, 0) is 22.8 Å². The molecule has 0 saturated carbocycles. The van der Waals surface area contributed by atoms with Crippen molar-refractivity contribution in [1.82, 2.24) is 0 Å². The number of halogens is 3. The Morgan fingerprint density at radius 2 is 1.73 bits per heavy atom. The molecule has 0 N–H and O–H groups in total. The number of nitrogens with zero attached hydrogens (tertiary/aromatic N) is 1. The molecule has 30 heavy (non-hydrogen) atoms. The molecular formula is C21H20F3NO3S2. The van der Waals surface area contributed by atoms with Gasteiger partial charge in [0.2, 0.25) is 0 Å². The van der Waals surface area contributed by atoms with Crippen LogP contribution in [0.2, 0.25) is 0 Å². The second-order valence-electron chi connectivity index (χ2n) is 6.78. The molecule has 0 bridgehead atoms. The molecule has 0 aliphatic rings. The van der Waals surface area contributed by atoms with E-state index in [1.54, 1.807) is 49.6 Å². The fraction of sp³-hybridized carbons (Fsp3) is 0.238. The highest BCUT2D eigenvalue weighted by Crippen LogP contribution is 2.40. The standard InChI is InChI=1S/C21H20F3NO3S2/c1-15(2)25(30(26,27)20-9-6-12-29-20)18-11-10-17(21(22,23)24)13-19(18)28-14-16-7-4-3-5-8-16/h3-13,15H,14H2,1-2H3. The number of rotatable bonds is 7. The normalized spacial score (nSPS) is 12.2. The zero-order valence-electron chi connectivity index (χ0n) is 16.3. The Morgan fingerprint density at radius 3 is 2.30 bits per heavy atom. The zero-order chi connectivity index (χ0) is 21.9. The van der Waals surface area contributed by atoms with Gasteiger partial charge in [0.1, 0.15) is 16.6 Å². The number of alkyl halides is 3. The number of benzene rings is 2. The lowest BCUT2D eigenvalue weighted by Crippen LogP contribution is -2.37. The van der Waals surface area contributed by atoms with E-state index in [2.05, 4.69) is 0 Å². The molecule has 1 aromatic heterocycles. The van der Waals surface area contributed by atoms with E-state index in [0.29, 0.717) is 0 Å². The van der Waals surface area contributed by atoms with E-state index in [4.69, 9.17) is 4.74 Å². The fourth-order valence-corrected chi connectivity index (χ4v) is 5.67. The average Bonchev–Trinajstić information content (AvgIpc) is 3.22. The van der Waals surface area contributed by atoms with Crippen LogP contribution in [0.3, 0.4) is 0 Å². The average molecular weight is 456 g/mol. The molecule has 3 aromatic rings. The van der Waals surface area contributed by atoms with Crippen molar-refractivity contribution >= 4 is 27.0 Å². The second-order valence-corrected chi connectivity index (χ2v) is 9.77. The molecule has 0 aliphatic heterocycles. The van der Waals surface area contributed by atoms with Crippen molar-refractivity contribution in [2.75, 3.05) is 4.31 Å². The van der Waals surface area contributed by atoms with Gasteiger partial charge in [-0.2, -0.15) is 13.2 Å². The maximum atomic E-state index is 13.3. The predicted octanol–water partition coefficient (Wildman–Crippen LogP) is 5.95. The Hall–Kier alpha value is -2.52. The molecule has 4 nitrogen and oxygen atoms in total. The summed E-state index contributed by atoms with van der Waals surface area (Å²) in [5.41, 5.74) is -0.105. The van der Waals surface area contributed by atoms with Crippen molar-refractivity contribution in [1.29, 1.82) is 0 Å². The minimum atomic E-state index is -4.58. The van der Waals surface area contributed by atoms with Gasteiger partial charge in [-0.25, -0.2) is 8.42 Å². The third-order valence-corrected chi connectivity index (χ3v) is 7.60. The van der Waals surface area contributed by atoms with Crippen LogP contribution >= 0.6 is 11.3 Å². The van der Waals surface area contributed by atoms with Crippen LogP contribution in [0, 0.1) is 0 Å². The van der Waals surface area contributed by atoms with Gasteiger partial charge in [0.15, 0.2) is 0 Å². The van der Waals surface area contributed by atoms with Crippen LogP contribution < -0.4 is 9.04 Å². The van der Waals surface area contributed by atoms with E-state index < -0.39 is 27.8 Å². The Labute approximate surface area is 177 Å². The number of thiophene rings is 1. The highest BCUT2D eigenvalue weighted by Gasteiger charge is 2.35. The van der Waals surface area contributed by atoms with Gasteiger partial charge >= 0.3 is 6.18 Å². The smallest absolute Gasteiger partial charge is 0.416 e. The van der Waals surface area contributed by atoms with Crippen molar-refractivity contribution in [2.45, 2.75) is 36.9 Å². The lowest BCUT2D eigenvalue weighted by molar-refractivity contribution is -0.137. The molecule has 0 aliphatic carbocycles. The van der Waals surface area contributed by atoms with Gasteiger partial charge in [0, 0.05) is 6.04 Å². The summed E-state index contributed by atoms with van der Waals surface area (Å²) in [7, 11) is -3.97. The van der Waals surface area contributed by atoms with E-state index >= 15 is 0 Å². The summed E-state index contributed by atoms with van der Waals surface area (Å²) in [6.07, 6.45) is -4.58. The van der Waals surface area contributed by atoms with Crippen molar-refractivity contribution in [2.24, 2.45) is 0 Å². The maximum absolute atomic E-state index is 13.3. The summed E-state index contributed by atoms with van der Waals surface area (Å²) in [5.74, 6) is -0.150. The minimum Gasteiger partial charge on any atom is -0.487 e. The number of sulfonamides is 1. The summed E-state index contributed by atoms with van der Waals surface area (Å²) >= 11 is 1.04. The summed E-state index contributed by atoms with van der Waals surface area (Å²) in [6.45, 7) is 3.31. The summed E-state index contributed by atoms with van der Waals surface area (Å²) in [6, 6.07) is 14.3. The number of hydrogen-bond acceptors (Lipinski definition) is 4. The van der Waals surface area contributed by atoms with Crippen LogP contribution in [0.4, 0.5) is 18.9 Å². The molecule has 1 heterocycles. The lowest BCUT2D eigenvalue weighted by atomic mass is 10.1. The highest BCUT2D eigenvalue weighted by atomic mass is 32.2. The molecule has 160 valence electrons. The van der Waals surface area contributed by atoms with Crippen molar-refractivity contribution in [3.05, 3.63) is 77.2 Å². The van der Waals surface area contributed by atoms with Crippen LogP contribution in [0.15, 0.2) is 70.3 Å². The Kier molecular flexibility index (Phi) is 6.42. The van der Waals surface area contributed by atoms with Crippen molar-refractivity contribution in [3.8, 4) is 5.75 Å². The molecule has 0 radical (unpaired) electrons. The lowest BCUT2D eigenvalue weighted by Gasteiger charge is -2.29. The van der Waals surface area contributed by atoms with E-state index in [0.717, 1.165) is 39.4 Å². The third-order valence-electron chi connectivity index (χ3n) is 4.24. The highest BCUT2D eigenvalue weighted by molar-refractivity contribution is 7.94. The van der Waals surface area contributed by atoms with Gasteiger partial charge in [0.25, 0.3) is 10.0 Å². The summed E-state index contributed by atoms with van der Waals surface area (Å²) in [5, 5.41) is 1.63. The Morgan fingerprint density at radius 1 is 1.03 bits per heavy atom. The van der Waals surface area contributed by atoms with E-state index in [-0.39, 0.29) is 22.3 Å². The first kappa shape index (κ1) is 22.2. The Balaban J connectivity index is 2.08. The minimum absolute atomic E-state index is 0.000134. The SMILES string of the molecule is CC(C)N(c1ccc(C(F)(F)F)cc1OCc1ccccc1)S(=O)(=O)c1cccs1. The van der Waals surface area contributed by atoms with Gasteiger partial charge in [-0.05, 0) is 49.1 Å². The Bertz CT molecular complexity index is 1080. The molecular weight excluding hydrogens is 435 g/mol. The monoisotopic (exact) mass is 455 g/mol. The molecule has 0 atom stereocenters. The van der Waals surface area contributed by atoms with Crippen molar-refractivity contribution < 1.29 is 26.3 Å². The molecule has 0 amide bonds. The van der Waals surface area contributed by atoms with Gasteiger partial charge < -0.3 is 4.74 Å². The van der Waals surface area contributed by atoms with Gasteiger partial charge in [0.05, 0.1) is 11.3 Å². The van der Waals surface area contributed by atoms with E-state index in [1.807, 2.05) is 6.07 Å². The summed E-state index contributed by atoms with van der Waals surface area (Å²) < 4.78 is 73.2. The molecule has 0 fully saturated rings. The van der Waals surface area contributed by atoms with Crippen LogP contribution in [0.25, 0.3) is 0 Å². The van der Waals surface area contributed by atoms with Crippen LogP contribution in [-0.4, -0.2) is 14.5 Å². The number of ether oxygens (including phenoxy) is 1. The first-order valence-corrected chi connectivity index (χ1v) is 11.4. The van der Waals surface area contributed by atoms with Crippen molar-refractivity contribution in [3.63, 3.8) is 0 Å². The fourth-order valence-electron chi connectivity index (χ4n) is 2.92. The second kappa shape index (κ2) is 8.69. The van der Waals surface area contributed by atoms with Gasteiger partial charge in [-0.1, -0.05) is 36.4 Å². The maximum Gasteiger partial charge on any atom is 0.416 e. The van der Waals surface area contributed by atoms with Crippen LogP contribution in [0.1, 0.15) is 25.0 Å². The summed E-state index contributed by atoms with van der Waals surface area (Å²) in [4.78, 5) is 0. The van der Waals surface area contributed by atoms with E-state index in [9.17, 15) is 21.6 Å². The quantitative estimate of drug-likeness (QED) is 0.442. The molecule has 0 unspecified atom stereocenters. The van der Waals surface area contributed by atoms with Gasteiger partial charge in [-0.3, -0.25) is 4.31 Å². The number of anilines is 1. The molecule has 9 heteroatoms. The molecule has 0 saturated heterocycles. The first-order chi connectivity index (χ1) is 14.1. The van der Waals surface area contributed by atoms with Gasteiger partial charge in [-0.15, -0.1) is 11.3 Å². The number of hydrogen-bond donors (Lipinski definition) is 0. The molecule has 0 spiro atoms. The largest absolute Gasteiger partial charge is 0.487 e.